The Balaban J connectivity index is 2.46. The molecule has 0 saturated carbocycles. The van der Waals surface area contributed by atoms with Gasteiger partial charge in [-0.3, -0.25) is 0 Å². The highest BCUT2D eigenvalue weighted by Gasteiger charge is 2.09. The van der Waals surface area contributed by atoms with Crippen LogP contribution in [0.3, 0.4) is 0 Å². The van der Waals surface area contributed by atoms with E-state index in [1.165, 1.54) is 0 Å². The summed E-state index contributed by atoms with van der Waals surface area (Å²) in [7, 11) is 1.66. The molecule has 0 unspecified atom stereocenters. The van der Waals surface area contributed by atoms with Crippen LogP contribution in [0.4, 0.5) is 0 Å². The fourth-order valence-corrected chi connectivity index (χ4v) is 1.59. The highest BCUT2D eigenvalue weighted by Crippen LogP contribution is 2.28. The van der Waals surface area contributed by atoms with Crippen molar-refractivity contribution < 1.29 is 4.74 Å². The number of imidazole rings is 1. The van der Waals surface area contributed by atoms with Crippen molar-refractivity contribution in [2.45, 2.75) is 13.5 Å². The van der Waals surface area contributed by atoms with Gasteiger partial charge in [-0.25, -0.2) is 4.98 Å². The normalized spacial score (nSPS) is 10.4. The summed E-state index contributed by atoms with van der Waals surface area (Å²) in [5.41, 5.74) is 8.56. The molecule has 0 saturated heterocycles. The van der Waals surface area contributed by atoms with E-state index in [0.29, 0.717) is 6.54 Å². The zero-order valence-electron chi connectivity index (χ0n) is 9.45. The summed E-state index contributed by atoms with van der Waals surface area (Å²) in [5, 5.41) is 0. The van der Waals surface area contributed by atoms with Crippen LogP contribution in [-0.4, -0.2) is 17.1 Å². The highest BCUT2D eigenvalue weighted by molar-refractivity contribution is 5.65. The molecule has 1 aromatic carbocycles. The number of nitrogens with one attached hydrogen (secondary N) is 1. The number of rotatable bonds is 3. The Morgan fingerprint density at radius 3 is 2.88 bits per heavy atom. The SMILES string of the molecule is COc1cc(C)ccc1-c1ncc(CN)[nH]1. The minimum Gasteiger partial charge on any atom is -0.496 e. The number of aromatic nitrogens is 2. The number of hydrogen-bond donors (Lipinski definition) is 2. The van der Waals surface area contributed by atoms with E-state index in [-0.39, 0.29) is 0 Å². The third-order valence-electron chi connectivity index (χ3n) is 2.46. The smallest absolute Gasteiger partial charge is 0.141 e. The van der Waals surface area contributed by atoms with Gasteiger partial charge in [0.1, 0.15) is 11.6 Å². The van der Waals surface area contributed by atoms with E-state index in [1.807, 2.05) is 25.1 Å². The fraction of sp³-hybridized carbons (Fsp3) is 0.250. The lowest BCUT2D eigenvalue weighted by atomic mass is 10.1. The zero-order chi connectivity index (χ0) is 11.5. The number of aromatic amines is 1. The quantitative estimate of drug-likeness (QED) is 0.824. The minimum atomic E-state index is 0.460. The molecule has 2 aromatic rings. The molecule has 0 bridgehead atoms. The van der Waals surface area contributed by atoms with Crippen molar-refractivity contribution in [3.05, 3.63) is 35.7 Å². The molecule has 3 N–H and O–H groups in total. The molecule has 0 spiro atoms. The first-order valence-electron chi connectivity index (χ1n) is 5.13. The van der Waals surface area contributed by atoms with Crippen LogP contribution < -0.4 is 10.5 Å². The Morgan fingerprint density at radius 1 is 1.44 bits per heavy atom. The number of benzene rings is 1. The summed E-state index contributed by atoms with van der Waals surface area (Å²) in [6.07, 6.45) is 1.74. The molecule has 16 heavy (non-hydrogen) atoms. The standard InChI is InChI=1S/C12H15N3O/c1-8-3-4-10(11(5-8)16-2)12-14-7-9(6-13)15-12/h3-5,7H,6,13H2,1-2H3,(H,14,15). The van der Waals surface area contributed by atoms with Crippen molar-refractivity contribution in [3.63, 3.8) is 0 Å². The van der Waals surface area contributed by atoms with Crippen molar-refractivity contribution in [2.75, 3.05) is 7.11 Å². The summed E-state index contributed by atoms with van der Waals surface area (Å²) in [6.45, 7) is 2.49. The summed E-state index contributed by atoms with van der Waals surface area (Å²) in [5.74, 6) is 1.61. The van der Waals surface area contributed by atoms with Crippen molar-refractivity contribution in [2.24, 2.45) is 5.73 Å². The molecule has 0 aliphatic rings. The Bertz CT molecular complexity index is 491. The van der Waals surface area contributed by atoms with Gasteiger partial charge in [-0.2, -0.15) is 0 Å². The summed E-state index contributed by atoms with van der Waals surface area (Å²) >= 11 is 0. The van der Waals surface area contributed by atoms with Crippen LogP contribution in [-0.2, 0) is 6.54 Å². The van der Waals surface area contributed by atoms with Gasteiger partial charge in [-0.15, -0.1) is 0 Å². The lowest BCUT2D eigenvalue weighted by Gasteiger charge is -2.06. The molecule has 1 heterocycles. The van der Waals surface area contributed by atoms with Crippen molar-refractivity contribution in [1.82, 2.24) is 9.97 Å². The molecule has 0 amide bonds. The van der Waals surface area contributed by atoms with Crippen molar-refractivity contribution >= 4 is 0 Å². The first kappa shape index (κ1) is 10.7. The molecule has 0 atom stereocenters. The second-order valence-electron chi connectivity index (χ2n) is 3.66. The Morgan fingerprint density at radius 2 is 2.25 bits per heavy atom. The van der Waals surface area contributed by atoms with E-state index in [2.05, 4.69) is 9.97 Å². The van der Waals surface area contributed by atoms with Gasteiger partial charge in [-0.1, -0.05) is 6.07 Å². The maximum atomic E-state index is 5.53. The monoisotopic (exact) mass is 217 g/mol. The third kappa shape index (κ3) is 1.92. The van der Waals surface area contributed by atoms with Crippen LogP contribution in [0.25, 0.3) is 11.4 Å². The number of hydrogen-bond acceptors (Lipinski definition) is 3. The Kier molecular flexibility index (Phi) is 2.92. The summed E-state index contributed by atoms with van der Waals surface area (Å²) in [6, 6.07) is 6.01. The molecule has 0 radical (unpaired) electrons. The van der Waals surface area contributed by atoms with Gasteiger partial charge >= 0.3 is 0 Å². The molecule has 0 fully saturated rings. The molecular formula is C12H15N3O. The number of aryl methyl sites for hydroxylation is 1. The van der Waals surface area contributed by atoms with E-state index in [1.54, 1.807) is 13.3 Å². The zero-order valence-corrected chi connectivity index (χ0v) is 9.45. The second kappa shape index (κ2) is 4.37. The fourth-order valence-electron chi connectivity index (χ4n) is 1.59. The van der Waals surface area contributed by atoms with Gasteiger partial charge in [0.15, 0.2) is 0 Å². The maximum Gasteiger partial charge on any atom is 0.141 e. The van der Waals surface area contributed by atoms with Crippen LogP contribution in [0.2, 0.25) is 0 Å². The van der Waals surface area contributed by atoms with Gasteiger partial charge in [-0.05, 0) is 24.6 Å². The van der Waals surface area contributed by atoms with E-state index < -0.39 is 0 Å². The highest BCUT2D eigenvalue weighted by atomic mass is 16.5. The largest absolute Gasteiger partial charge is 0.496 e. The average Bonchev–Trinajstić information content (AvgIpc) is 2.77. The average molecular weight is 217 g/mol. The Labute approximate surface area is 94.5 Å². The Hall–Kier alpha value is -1.81. The van der Waals surface area contributed by atoms with E-state index in [0.717, 1.165) is 28.4 Å². The first-order chi connectivity index (χ1) is 7.74. The second-order valence-corrected chi connectivity index (χ2v) is 3.66. The lowest BCUT2D eigenvalue weighted by molar-refractivity contribution is 0.416. The van der Waals surface area contributed by atoms with E-state index >= 15 is 0 Å². The van der Waals surface area contributed by atoms with E-state index in [4.69, 9.17) is 10.5 Å². The minimum absolute atomic E-state index is 0.460. The van der Waals surface area contributed by atoms with Gasteiger partial charge in [0.2, 0.25) is 0 Å². The van der Waals surface area contributed by atoms with Crippen LogP contribution in [0.15, 0.2) is 24.4 Å². The number of H-pyrrole nitrogens is 1. The number of methoxy groups -OCH3 is 1. The van der Waals surface area contributed by atoms with Gasteiger partial charge < -0.3 is 15.5 Å². The molecular weight excluding hydrogens is 202 g/mol. The molecule has 0 aliphatic heterocycles. The van der Waals surface area contributed by atoms with Gasteiger partial charge in [0.25, 0.3) is 0 Å². The van der Waals surface area contributed by atoms with Gasteiger partial charge in [0, 0.05) is 18.4 Å². The van der Waals surface area contributed by atoms with Crippen LogP contribution in [0, 0.1) is 6.92 Å². The summed E-state index contributed by atoms with van der Waals surface area (Å²) < 4.78 is 5.33. The van der Waals surface area contributed by atoms with Crippen molar-refractivity contribution in [3.8, 4) is 17.1 Å². The van der Waals surface area contributed by atoms with Crippen molar-refractivity contribution in [1.29, 1.82) is 0 Å². The summed E-state index contributed by atoms with van der Waals surface area (Å²) in [4.78, 5) is 7.44. The third-order valence-corrected chi connectivity index (χ3v) is 2.46. The molecule has 4 nitrogen and oxygen atoms in total. The number of nitrogens with zero attached hydrogens (tertiary/aromatic N) is 1. The van der Waals surface area contributed by atoms with Gasteiger partial charge in [0.05, 0.1) is 12.7 Å². The van der Waals surface area contributed by atoms with Crippen LogP contribution in [0.5, 0.6) is 5.75 Å². The van der Waals surface area contributed by atoms with Crippen LogP contribution >= 0.6 is 0 Å². The topological polar surface area (TPSA) is 63.9 Å². The first-order valence-corrected chi connectivity index (χ1v) is 5.13. The van der Waals surface area contributed by atoms with Crippen LogP contribution in [0.1, 0.15) is 11.3 Å². The number of nitrogens with two attached hydrogens (primary N) is 1. The molecule has 1 aromatic heterocycles. The predicted molar refractivity (Wildman–Crippen MR) is 63.2 cm³/mol. The predicted octanol–water partition coefficient (Wildman–Crippen LogP) is 1.85. The van der Waals surface area contributed by atoms with E-state index in [9.17, 15) is 0 Å². The number of ether oxygens (including phenoxy) is 1. The molecule has 4 heteroatoms. The lowest BCUT2D eigenvalue weighted by Crippen LogP contribution is -1.96. The molecule has 0 aliphatic carbocycles. The molecule has 2 rings (SSSR count). The molecule has 84 valence electrons. The maximum absolute atomic E-state index is 5.53.